The Morgan fingerprint density at radius 2 is 1.93 bits per heavy atom. The molecule has 2 aromatic heterocycles. The van der Waals surface area contributed by atoms with E-state index in [2.05, 4.69) is 44.4 Å². The lowest BCUT2D eigenvalue weighted by Gasteiger charge is -2.38. The second-order valence-electron chi connectivity index (χ2n) is 10.8. The number of sulfone groups is 1. The summed E-state index contributed by atoms with van der Waals surface area (Å²) < 4.78 is 45.0. The number of ether oxygens (including phenoxy) is 1. The van der Waals surface area contributed by atoms with Crippen LogP contribution in [0.4, 0.5) is 15.8 Å². The van der Waals surface area contributed by atoms with E-state index in [-0.39, 0.29) is 53.2 Å². The molecule has 40 heavy (non-hydrogen) atoms. The van der Waals surface area contributed by atoms with E-state index in [1.165, 1.54) is 10.7 Å². The van der Waals surface area contributed by atoms with Crippen molar-refractivity contribution in [3.05, 3.63) is 48.0 Å². The van der Waals surface area contributed by atoms with Gasteiger partial charge in [0.15, 0.2) is 15.7 Å². The van der Waals surface area contributed by atoms with Gasteiger partial charge in [-0.25, -0.2) is 17.8 Å². The minimum Gasteiger partial charge on any atom is -0.463 e. The maximum absolute atomic E-state index is 14.7. The monoisotopic (exact) mass is 567 g/mol. The van der Waals surface area contributed by atoms with Crippen molar-refractivity contribution >= 4 is 48.9 Å². The van der Waals surface area contributed by atoms with Crippen molar-refractivity contribution in [2.75, 3.05) is 41.4 Å². The van der Waals surface area contributed by atoms with E-state index >= 15 is 0 Å². The first-order valence-electron chi connectivity index (χ1n) is 13.1. The molecule has 1 amide bonds. The molecule has 0 aliphatic carbocycles. The Morgan fingerprint density at radius 1 is 1.18 bits per heavy atom. The van der Waals surface area contributed by atoms with Gasteiger partial charge in [-0.15, -0.1) is 0 Å². The van der Waals surface area contributed by atoms with E-state index in [1.54, 1.807) is 31.6 Å². The summed E-state index contributed by atoms with van der Waals surface area (Å²) in [6.45, 7) is 5.94. The third kappa shape index (κ3) is 5.18. The van der Waals surface area contributed by atoms with Crippen LogP contribution in [0.3, 0.4) is 0 Å². The normalized spacial score (nSPS) is 20.9. The van der Waals surface area contributed by atoms with Crippen LogP contribution in [0.2, 0.25) is 0 Å². The summed E-state index contributed by atoms with van der Waals surface area (Å²) in [6.07, 6.45) is 3.32. The Balaban J connectivity index is 1.35. The molecule has 0 spiro atoms. The second kappa shape index (κ2) is 9.97. The molecule has 2 fully saturated rings. The van der Waals surface area contributed by atoms with Crippen LogP contribution in [-0.2, 0) is 16.9 Å². The smallest absolute Gasteiger partial charge is 0.316 e. The molecule has 2 N–H and O–H groups in total. The molecule has 0 bridgehead atoms. The first kappa shape index (κ1) is 26.4. The molecule has 2 aliphatic heterocycles. The molecular weight excluding hydrogens is 537 g/mol. The van der Waals surface area contributed by atoms with Crippen LogP contribution in [0.25, 0.3) is 21.8 Å². The number of carbonyl (C=O) groups excluding carboxylic acids is 1. The van der Waals surface area contributed by atoms with Gasteiger partial charge in [-0.1, -0.05) is 0 Å². The third-order valence-corrected chi connectivity index (χ3v) is 9.17. The topological polar surface area (TPSA) is 131 Å². The zero-order valence-electron chi connectivity index (χ0n) is 22.4. The van der Waals surface area contributed by atoms with Crippen molar-refractivity contribution in [2.45, 2.75) is 25.9 Å². The fourth-order valence-corrected chi connectivity index (χ4v) is 7.11. The number of aryl methyl sites for hydroxylation is 1. The highest BCUT2D eigenvalue weighted by atomic mass is 32.2. The number of amides is 1. The number of hydrogen-bond donors (Lipinski definition) is 2. The molecule has 0 unspecified atom stereocenters. The Bertz CT molecular complexity index is 1720. The molecule has 0 saturated carbocycles. The van der Waals surface area contributed by atoms with E-state index in [1.807, 2.05) is 6.07 Å². The van der Waals surface area contributed by atoms with E-state index in [4.69, 9.17) is 4.74 Å². The van der Waals surface area contributed by atoms with Crippen LogP contribution in [-0.4, -0.2) is 77.4 Å². The number of hydrogen-bond acceptors (Lipinski definition) is 9. The Labute approximate surface area is 230 Å². The lowest BCUT2D eigenvalue weighted by atomic mass is 10.0. The lowest BCUT2D eigenvalue weighted by Crippen LogP contribution is -2.54. The summed E-state index contributed by atoms with van der Waals surface area (Å²) in [6, 6.07) is 7.09. The van der Waals surface area contributed by atoms with E-state index in [9.17, 15) is 17.6 Å². The molecule has 0 radical (unpaired) electrons. The largest absolute Gasteiger partial charge is 0.463 e. The van der Waals surface area contributed by atoms with Gasteiger partial charge in [-0.05, 0) is 38.1 Å². The summed E-state index contributed by atoms with van der Waals surface area (Å²) >= 11 is 0. The highest BCUT2D eigenvalue weighted by Gasteiger charge is 2.34. The first-order chi connectivity index (χ1) is 19.0. The molecule has 2 aromatic carbocycles. The van der Waals surface area contributed by atoms with Gasteiger partial charge in [-0.3, -0.25) is 9.48 Å². The van der Waals surface area contributed by atoms with Crippen LogP contribution >= 0.6 is 0 Å². The zero-order chi connectivity index (χ0) is 28.2. The SMILES string of the molecule is C[C@@H]1CN(c2ccc(C(=O)Nc3cc(F)c4nn(C)cc4c3)c3nc(OCC4CS(=O)(=O)C4)ncc23)C[C@H](C)N1. The van der Waals surface area contributed by atoms with Crippen LogP contribution in [0.5, 0.6) is 6.01 Å². The van der Waals surface area contributed by atoms with Gasteiger partial charge in [0.1, 0.15) is 5.52 Å². The molecule has 4 aromatic rings. The quantitative estimate of drug-likeness (QED) is 0.361. The predicted octanol–water partition coefficient (Wildman–Crippen LogP) is 2.52. The fraction of sp³-hybridized carbons (Fsp3) is 0.407. The number of rotatable bonds is 6. The van der Waals surface area contributed by atoms with Crippen molar-refractivity contribution in [3.8, 4) is 6.01 Å². The minimum absolute atomic E-state index is 0.0628. The highest BCUT2D eigenvalue weighted by Crippen LogP contribution is 2.32. The van der Waals surface area contributed by atoms with Gasteiger partial charge in [-0.2, -0.15) is 10.1 Å². The molecular formula is C27H30FN7O4S. The Hall–Kier alpha value is -3.84. The minimum atomic E-state index is -2.98. The highest BCUT2D eigenvalue weighted by molar-refractivity contribution is 7.92. The van der Waals surface area contributed by atoms with Gasteiger partial charge < -0.3 is 20.3 Å². The maximum Gasteiger partial charge on any atom is 0.316 e. The summed E-state index contributed by atoms with van der Waals surface area (Å²) in [4.78, 5) is 24.8. The third-order valence-electron chi connectivity index (χ3n) is 7.21. The number of halogens is 1. The van der Waals surface area contributed by atoms with E-state index in [0.717, 1.165) is 18.8 Å². The fourth-order valence-electron chi connectivity index (χ4n) is 5.58. The molecule has 6 rings (SSSR count). The molecule has 4 heterocycles. The molecule has 13 heteroatoms. The van der Waals surface area contributed by atoms with Crippen LogP contribution < -0.4 is 20.3 Å². The van der Waals surface area contributed by atoms with E-state index in [0.29, 0.717) is 22.0 Å². The number of benzene rings is 2. The summed E-state index contributed by atoms with van der Waals surface area (Å²) in [7, 11) is -1.27. The zero-order valence-corrected chi connectivity index (χ0v) is 23.2. The maximum atomic E-state index is 14.7. The van der Waals surface area contributed by atoms with E-state index < -0.39 is 21.6 Å². The average Bonchev–Trinajstić information content (AvgIpc) is 3.25. The van der Waals surface area contributed by atoms with Crippen LogP contribution in [0, 0.1) is 11.7 Å². The van der Waals surface area contributed by atoms with Crippen molar-refractivity contribution in [2.24, 2.45) is 13.0 Å². The molecule has 2 aliphatic rings. The second-order valence-corrected chi connectivity index (χ2v) is 13.0. The summed E-state index contributed by atoms with van der Waals surface area (Å²) in [5.41, 5.74) is 2.08. The van der Waals surface area contributed by atoms with Crippen LogP contribution in [0.1, 0.15) is 24.2 Å². The number of nitrogens with zero attached hydrogens (tertiary/aromatic N) is 5. The van der Waals surface area contributed by atoms with Gasteiger partial charge in [0.05, 0.1) is 29.2 Å². The van der Waals surface area contributed by atoms with Gasteiger partial charge in [0, 0.05) is 72.7 Å². The summed E-state index contributed by atoms with van der Waals surface area (Å²) in [5, 5.41) is 11.7. The number of anilines is 2. The number of nitrogens with one attached hydrogen (secondary N) is 2. The van der Waals surface area contributed by atoms with Crippen LogP contribution in [0.15, 0.2) is 36.7 Å². The van der Waals surface area contributed by atoms with Crippen molar-refractivity contribution < 1.29 is 22.3 Å². The van der Waals surface area contributed by atoms with Crippen molar-refractivity contribution in [3.63, 3.8) is 0 Å². The molecule has 210 valence electrons. The summed E-state index contributed by atoms with van der Waals surface area (Å²) in [5.74, 6) is -0.951. The number of fused-ring (bicyclic) bond motifs is 2. The van der Waals surface area contributed by atoms with Gasteiger partial charge in [0.2, 0.25) is 0 Å². The number of aromatic nitrogens is 4. The molecule has 11 nitrogen and oxygen atoms in total. The molecule has 2 saturated heterocycles. The Kier molecular flexibility index (Phi) is 6.57. The first-order valence-corrected chi connectivity index (χ1v) is 14.9. The average molecular weight is 568 g/mol. The number of carbonyl (C=O) groups is 1. The predicted molar refractivity (Wildman–Crippen MR) is 150 cm³/mol. The van der Waals surface area contributed by atoms with Gasteiger partial charge >= 0.3 is 6.01 Å². The Morgan fingerprint density at radius 3 is 2.65 bits per heavy atom. The number of piperazine rings is 1. The van der Waals surface area contributed by atoms with Crippen molar-refractivity contribution in [1.82, 2.24) is 25.1 Å². The van der Waals surface area contributed by atoms with Crippen molar-refractivity contribution in [1.29, 1.82) is 0 Å². The van der Waals surface area contributed by atoms with Gasteiger partial charge in [0.25, 0.3) is 5.91 Å². The molecule has 2 atom stereocenters. The lowest BCUT2D eigenvalue weighted by molar-refractivity contribution is 0.102. The standard InChI is InChI=1S/C27H30FN7O4S/c1-15-9-35(10-16(2)30-15)23-5-4-20(26(36)31-19-6-18-11-34(3)33-24(18)22(28)7-19)25-21(23)8-29-27(32-25)39-12-17-13-40(37,38)14-17/h4-8,11,15-17,30H,9-10,12-14H2,1-3H3,(H,31,36)/t15-,16+.